The normalized spacial score (nSPS) is 12.9. The quantitative estimate of drug-likeness (QED) is 0.151. The number of ether oxygens (including phenoxy) is 1. The van der Waals surface area contributed by atoms with E-state index in [1.807, 2.05) is 5.32 Å². The van der Waals surface area contributed by atoms with Crippen LogP contribution in [-0.2, 0) is 18.3 Å². The number of pyridine rings is 2. The van der Waals surface area contributed by atoms with Gasteiger partial charge in [-0.05, 0) is 42.3 Å². The molecule has 1 amide bonds. The Bertz CT molecular complexity index is 2090. The topological polar surface area (TPSA) is 123 Å². The summed E-state index contributed by atoms with van der Waals surface area (Å²) < 4.78 is 76.4. The summed E-state index contributed by atoms with van der Waals surface area (Å²) in [5.41, 5.74) is -0.0870. The van der Waals surface area contributed by atoms with Crippen LogP contribution in [0, 0.1) is 11.6 Å². The molecule has 2 heterocycles. The van der Waals surface area contributed by atoms with Crippen LogP contribution in [0.4, 0.5) is 27.6 Å². The summed E-state index contributed by atoms with van der Waals surface area (Å²) in [6, 6.07) is 10.8. The Morgan fingerprint density at radius 2 is 1.69 bits per heavy atom. The molecule has 0 aliphatic carbocycles. The largest absolute Gasteiger partial charge is 0.495 e. The highest BCUT2D eigenvalue weighted by atomic mass is 19.4. The van der Waals surface area contributed by atoms with Crippen LogP contribution >= 0.6 is 0 Å². The third-order valence-electron chi connectivity index (χ3n) is 8.03. The maximum atomic E-state index is 14.9. The fraction of sp³-hybridized carbons (Fsp3) is 0.235. The average molecular weight is 669 g/mol. The number of aryl methyl sites for hydroxylation is 1. The van der Waals surface area contributed by atoms with Crippen LogP contribution in [0.3, 0.4) is 0 Å². The first-order valence-corrected chi connectivity index (χ1v) is 14.6. The van der Waals surface area contributed by atoms with Crippen LogP contribution in [0.2, 0.25) is 0 Å². The van der Waals surface area contributed by atoms with E-state index >= 15 is 0 Å². The molecule has 0 bridgehead atoms. The number of aromatic nitrogens is 2. The first-order valence-electron chi connectivity index (χ1n) is 14.6. The molecule has 14 heteroatoms. The fourth-order valence-corrected chi connectivity index (χ4v) is 5.67. The van der Waals surface area contributed by atoms with E-state index in [1.165, 1.54) is 24.8 Å². The Morgan fingerprint density at radius 1 is 1.02 bits per heavy atom. The highest BCUT2D eigenvalue weighted by molar-refractivity contribution is 6.02. The number of carboxylic acid groups (broad SMARTS) is 1. The summed E-state index contributed by atoms with van der Waals surface area (Å²) in [5.74, 6) is -5.60. The van der Waals surface area contributed by atoms with Gasteiger partial charge in [-0.15, -0.1) is 0 Å². The number of para-hydroxylation sites is 1. The zero-order chi connectivity index (χ0) is 34.9. The third-order valence-corrected chi connectivity index (χ3v) is 8.03. The van der Waals surface area contributed by atoms with Crippen molar-refractivity contribution in [1.29, 1.82) is 0 Å². The number of carboxylic acids is 1. The van der Waals surface area contributed by atoms with Crippen molar-refractivity contribution in [1.82, 2.24) is 14.9 Å². The Balaban J connectivity index is 1.49. The van der Waals surface area contributed by atoms with Gasteiger partial charge >= 0.3 is 12.1 Å². The van der Waals surface area contributed by atoms with E-state index in [0.29, 0.717) is 50.8 Å². The summed E-state index contributed by atoms with van der Waals surface area (Å²) in [6.45, 7) is 1.24. The van der Waals surface area contributed by atoms with E-state index in [9.17, 15) is 41.4 Å². The van der Waals surface area contributed by atoms with E-state index in [2.05, 4.69) is 10.3 Å². The number of rotatable bonds is 10. The van der Waals surface area contributed by atoms with Crippen LogP contribution in [0.1, 0.15) is 29.3 Å². The lowest BCUT2D eigenvalue weighted by Crippen LogP contribution is -2.43. The van der Waals surface area contributed by atoms with Gasteiger partial charge < -0.3 is 25.0 Å². The highest BCUT2D eigenvalue weighted by Crippen LogP contribution is 2.37. The smallest absolute Gasteiger partial charge is 0.408 e. The highest BCUT2D eigenvalue weighted by Gasteiger charge is 2.38. The molecular weight excluding hydrogens is 639 g/mol. The standard InChI is InChI=1S/C34H29F5N4O5/c1-4-26(34(37,38)39)41-18-15-22(35)28(23(36)16-18)31(44)42-24(33(46)47)14-17-11-12-21(29-19(17)9-7-13-40-29)27-30(48-3)20-8-5-6-10-25(20)43(2)32(27)45/h5-13,15-16,24,26,41H,4,14H2,1-3H3,(H,42,44)(H,46,47). The molecule has 0 spiro atoms. The Hall–Kier alpha value is -5.53. The van der Waals surface area contributed by atoms with Crippen LogP contribution in [0.15, 0.2) is 71.7 Å². The van der Waals surface area contributed by atoms with Crippen LogP contribution in [0.25, 0.3) is 32.9 Å². The zero-order valence-electron chi connectivity index (χ0n) is 25.8. The van der Waals surface area contributed by atoms with Gasteiger partial charge in [-0.2, -0.15) is 13.2 Å². The molecule has 48 heavy (non-hydrogen) atoms. The van der Waals surface area contributed by atoms with Gasteiger partial charge in [-0.3, -0.25) is 14.6 Å². The lowest BCUT2D eigenvalue weighted by Gasteiger charge is -2.22. The number of carbonyl (C=O) groups is 2. The predicted octanol–water partition coefficient (Wildman–Crippen LogP) is 6.22. The second-order valence-corrected chi connectivity index (χ2v) is 11.0. The molecule has 0 aliphatic rings. The Kier molecular flexibility index (Phi) is 9.37. The number of benzene rings is 3. The van der Waals surface area contributed by atoms with E-state index in [0.717, 1.165) is 0 Å². The van der Waals surface area contributed by atoms with Gasteiger partial charge in [0.05, 0.1) is 23.7 Å². The molecule has 0 fully saturated rings. The molecule has 250 valence electrons. The maximum absolute atomic E-state index is 14.9. The number of halogens is 5. The first kappa shape index (κ1) is 33.8. The monoisotopic (exact) mass is 668 g/mol. The van der Waals surface area contributed by atoms with E-state index in [1.54, 1.807) is 55.6 Å². The molecule has 3 N–H and O–H groups in total. The van der Waals surface area contributed by atoms with E-state index < -0.39 is 59.4 Å². The molecule has 0 radical (unpaired) electrons. The molecule has 2 atom stereocenters. The molecule has 2 aromatic heterocycles. The van der Waals surface area contributed by atoms with Crippen molar-refractivity contribution in [2.75, 3.05) is 12.4 Å². The molecule has 2 unspecified atom stereocenters. The van der Waals surface area contributed by atoms with Crippen LogP contribution < -0.4 is 20.9 Å². The number of alkyl halides is 3. The SMILES string of the molecule is CCC(Nc1cc(F)c(C(=O)NC(Cc2ccc(-c3c(OC)c4ccccc4n(C)c3=O)c3ncccc23)C(=O)O)c(F)c1)C(F)(F)F. The average Bonchev–Trinajstić information content (AvgIpc) is 3.04. The number of hydrogen-bond acceptors (Lipinski definition) is 6. The summed E-state index contributed by atoms with van der Waals surface area (Å²) in [7, 11) is 3.06. The molecule has 0 aliphatic heterocycles. The van der Waals surface area contributed by atoms with Crippen molar-refractivity contribution in [2.45, 2.75) is 38.0 Å². The number of carbonyl (C=O) groups excluding carboxylic acids is 1. The molecule has 5 rings (SSSR count). The maximum Gasteiger partial charge on any atom is 0.408 e. The van der Waals surface area contributed by atoms with Crippen molar-refractivity contribution in [3.8, 4) is 16.9 Å². The summed E-state index contributed by atoms with van der Waals surface area (Å²) >= 11 is 0. The number of nitrogens with zero attached hydrogens (tertiary/aromatic N) is 2. The summed E-state index contributed by atoms with van der Waals surface area (Å²) in [4.78, 5) is 43.3. The van der Waals surface area contributed by atoms with Gasteiger partial charge in [0, 0.05) is 41.7 Å². The fourth-order valence-electron chi connectivity index (χ4n) is 5.67. The first-order chi connectivity index (χ1) is 22.8. The number of aliphatic carboxylic acids is 1. The van der Waals surface area contributed by atoms with Gasteiger partial charge in [0.15, 0.2) is 0 Å². The number of fused-ring (bicyclic) bond motifs is 2. The van der Waals surface area contributed by atoms with Gasteiger partial charge in [-0.1, -0.05) is 37.3 Å². The van der Waals surface area contributed by atoms with Crippen molar-refractivity contribution < 1.29 is 41.4 Å². The molecule has 5 aromatic rings. The minimum Gasteiger partial charge on any atom is -0.495 e. The molecule has 0 saturated carbocycles. The number of nitrogens with one attached hydrogen (secondary N) is 2. The Morgan fingerprint density at radius 3 is 2.31 bits per heavy atom. The lowest BCUT2D eigenvalue weighted by atomic mass is 9.94. The minimum absolute atomic E-state index is 0.224. The van der Waals surface area contributed by atoms with Crippen molar-refractivity contribution in [3.05, 3.63) is 100.0 Å². The third kappa shape index (κ3) is 6.37. The number of hydrogen-bond donors (Lipinski definition) is 3. The summed E-state index contributed by atoms with van der Waals surface area (Å²) in [6.07, 6.45) is -3.98. The Labute approximate surface area is 270 Å². The summed E-state index contributed by atoms with van der Waals surface area (Å²) in [5, 5.41) is 15.2. The van der Waals surface area contributed by atoms with E-state index in [4.69, 9.17) is 4.74 Å². The van der Waals surface area contributed by atoms with Gasteiger partial charge in [0.25, 0.3) is 11.5 Å². The van der Waals surface area contributed by atoms with Gasteiger partial charge in [-0.25, -0.2) is 13.6 Å². The molecule has 9 nitrogen and oxygen atoms in total. The van der Waals surface area contributed by atoms with Crippen LogP contribution in [0.5, 0.6) is 5.75 Å². The lowest BCUT2D eigenvalue weighted by molar-refractivity contribution is -0.143. The molecule has 0 saturated heterocycles. The molecular formula is C34H29F5N4O5. The zero-order valence-corrected chi connectivity index (χ0v) is 25.8. The minimum atomic E-state index is -4.69. The second kappa shape index (κ2) is 13.3. The van der Waals surface area contributed by atoms with Gasteiger partial charge in [0.1, 0.15) is 35.0 Å². The number of anilines is 1. The van der Waals surface area contributed by atoms with Gasteiger partial charge in [0.2, 0.25) is 0 Å². The second-order valence-electron chi connectivity index (χ2n) is 11.0. The predicted molar refractivity (Wildman–Crippen MR) is 169 cm³/mol. The van der Waals surface area contributed by atoms with Crippen molar-refractivity contribution in [3.63, 3.8) is 0 Å². The van der Waals surface area contributed by atoms with Crippen molar-refractivity contribution >= 4 is 39.4 Å². The van der Waals surface area contributed by atoms with E-state index in [-0.39, 0.29) is 17.5 Å². The number of methoxy groups -OCH3 is 1. The van der Waals surface area contributed by atoms with Crippen LogP contribution in [-0.4, -0.2) is 51.9 Å². The molecule has 3 aromatic carbocycles. The number of amides is 1. The van der Waals surface area contributed by atoms with Crippen molar-refractivity contribution in [2.24, 2.45) is 7.05 Å².